The number of hydrogen-bond donors (Lipinski definition) is 3. The highest BCUT2D eigenvalue weighted by molar-refractivity contribution is 7.70. The van der Waals surface area contributed by atoms with Crippen molar-refractivity contribution in [2.45, 2.75) is 0 Å². The number of hydrogen-bond acceptors (Lipinski definition) is 3. The number of nitrogens with one attached hydrogen (secondary N) is 2. The van der Waals surface area contributed by atoms with Crippen LogP contribution in [0.1, 0.15) is 0 Å². The maximum atomic E-state index is 9.70. The lowest BCUT2D eigenvalue weighted by molar-refractivity contribution is 0.585. The van der Waals surface area contributed by atoms with Crippen LogP contribution in [0.15, 0.2) is 12.7 Å². The zero-order valence-corrected chi connectivity index (χ0v) is 5.15. The van der Waals surface area contributed by atoms with Gasteiger partial charge in [-0.25, -0.2) is 13.8 Å². The molecule has 0 aliphatic carbocycles. The predicted octanol–water partition coefficient (Wildman–Crippen LogP) is -1.21. The lowest BCUT2D eigenvalue weighted by atomic mass is 10.7. The summed E-state index contributed by atoms with van der Waals surface area (Å²) in [5, 5.41) is 0. The van der Waals surface area contributed by atoms with Gasteiger partial charge in [0.2, 0.25) is 10.9 Å². The van der Waals surface area contributed by atoms with Gasteiger partial charge in [-0.1, -0.05) is 6.08 Å². The quantitative estimate of drug-likeness (QED) is 0.197. The van der Waals surface area contributed by atoms with E-state index in [1.807, 2.05) is 4.83 Å². The second-order valence-electron chi connectivity index (χ2n) is 1.04. The Kier molecular flexibility index (Phi) is 4.53. The van der Waals surface area contributed by atoms with Crippen molar-refractivity contribution in [1.82, 2.24) is 10.3 Å². The molecular weight excluding hydrogens is 128 g/mol. The number of thiol groups is 1. The second kappa shape index (κ2) is 4.76. The van der Waals surface area contributed by atoms with Crippen molar-refractivity contribution in [2.75, 3.05) is 6.54 Å². The molecule has 48 valence electrons. The third-order valence-electron chi connectivity index (χ3n) is 0.417. The molecule has 0 spiro atoms. The van der Waals surface area contributed by atoms with E-state index in [0.717, 1.165) is 0 Å². The molecule has 0 aromatic heterocycles. The second-order valence-corrected chi connectivity index (χ2v) is 1.78. The average Bonchev–Trinajstić information content (AvgIpc) is 1.66. The molecule has 0 aliphatic rings. The molecule has 0 heterocycles. The van der Waals surface area contributed by atoms with Gasteiger partial charge in [0.15, 0.2) is 0 Å². The van der Waals surface area contributed by atoms with Gasteiger partial charge in [-0.15, -0.1) is 6.58 Å². The molecule has 0 atom stereocenters. The minimum Gasteiger partial charge on any atom is -0.241 e. The summed E-state index contributed by atoms with van der Waals surface area (Å²) in [5.74, 6) is 0. The van der Waals surface area contributed by atoms with Gasteiger partial charge in [0, 0.05) is 6.54 Å². The first kappa shape index (κ1) is 7.61. The Balaban J connectivity index is 3.05. The first-order valence-electron chi connectivity index (χ1n) is 2.01. The monoisotopic (exact) mass is 136 g/mol. The molecule has 5 heteroatoms. The lowest BCUT2D eigenvalue weighted by Gasteiger charge is -1.91. The van der Waals surface area contributed by atoms with Crippen LogP contribution in [0, 0.1) is 0 Å². The topological polar surface area (TPSA) is 58.2 Å². The Hall–Kier alpha value is -0.390. The SMILES string of the molecule is C=CCNN[SH](=O)=O. The average molecular weight is 136 g/mol. The fourth-order valence-corrected chi connectivity index (χ4v) is 0.403. The van der Waals surface area contributed by atoms with E-state index in [9.17, 15) is 8.42 Å². The van der Waals surface area contributed by atoms with Crippen molar-refractivity contribution in [3.8, 4) is 0 Å². The minimum atomic E-state index is -2.52. The third kappa shape index (κ3) is 5.61. The van der Waals surface area contributed by atoms with E-state index in [-0.39, 0.29) is 0 Å². The molecule has 0 radical (unpaired) electrons. The zero-order chi connectivity index (χ0) is 6.41. The van der Waals surface area contributed by atoms with Crippen molar-refractivity contribution in [3.63, 3.8) is 0 Å². The van der Waals surface area contributed by atoms with Crippen molar-refractivity contribution >= 4 is 10.9 Å². The fourth-order valence-electron chi connectivity index (χ4n) is 0.182. The van der Waals surface area contributed by atoms with Crippen molar-refractivity contribution < 1.29 is 8.42 Å². The van der Waals surface area contributed by atoms with E-state index in [1.54, 1.807) is 6.08 Å². The van der Waals surface area contributed by atoms with Crippen LogP contribution in [-0.4, -0.2) is 15.0 Å². The van der Waals surface area contributed by atoms with Gasteiger partial charge in [-0.2, -0.15) is 4.83 Å². The molecule has 0 fully saturated rings. The molecule has 0 aliphatic heterocycles. The summed E-state index contributed by atoms with van der Waals surface area (Å²) in [7, 11) is -2.52. The standard InChI is InChI=1S/C3H8N2O2S/c1-2-3-4-5-8(6)7/h2,4,8H,1,3H2,(H,5,6,7). The smallest absolute Gasteiger partial charge is 0.214 e. The summed E-state index contributed by atoms with van der Waals surface area (Å²) in [5.41, 5.74) is 2.37. The van der Waals surface area contributed by atoms with Gasteiger partial charge in [0.05, 0.1) is 0 Å². The molecule has 0 bridgehead atoms. The van der Waals surface area contributed by atoms with Gasteiger partial charge >= 0.3 is 0 Å². The Bertz CT molecular complexity index is 123. The summed E-state index contributed by atoms with van der Waals surface area (Å²) in [6, 6.07) is 0. The van der Waals surface area contributed by atoms with E-state index >= 15 is 0 Å². The molecule has 0 unspecified atom stereocenters. The van der Waals surface area contributed by atoms with Crippen LogP contribution >= 0.6 is 0 Å². The molecule has 0 aromatic carbocycles. The van der Waals surface area contributed by atoms with Crippen molar-refractivity contribution in [2.24, 2.45) is 0 Å². The maximum absolute atomic E-state index is 9.70. The molecule has 0 amide bonds. The zero-order valence-electron chi connectivity index (χ0n) is 4.26. The number of hydrazine groups is 1. The van der Waals surface area contributed by atoms with Gasteiger partial charge in [0.25, 0.3) is 0 Å². The van der Waals surface area contributed by atoms with Crippen LogP contribution in [-0.2, 0) is 10.9 Å². The van der Waals surface area contributed by atoms with Crippen molar-refractivity contribution in [1.29, 1.82) is 0 Å². The summed E-state index contributed by atoms with van der Waals surface area (Å²) >= 11 is 0. The normalized spacial score (nSPS) is 9.62. The summed E-state index contributed by atoms with van der Waals surface area (Å²) < 4.78 is 19.4. The first-order valence-corrected chi connectivity index (χ1v) is 3.19. The lowest BCUT2D eigenvalue weighted by Crippen LogP contribution is -2.29. The Morgan fingerprint density at radius 1 is 1.62 bits per heavy atom. The van der Waals surface area contributed by atoms with E-state index in [1.165, 1.54) is 0 Å². The Morgan fingerprint density at radius 2 is 2.25 bits per heavy atom. The van der Waals surface area contributed by atoms with E-state index in [0.29, 0.717) is 6.54 Å². The minimum absolute atomic E-state index is 0.434. The van der Waals surface area contributed by atoms with Gasteiger partial charge in [-0.3, -0.25) is 0 Å². The van der Waals surface area contributed by atoms with Crippen molar-refractivity contribution in [3.05, 3.63) is 12.7 Å². The molecule has 0 aromatic rings. The molecule has 0 rings (SSSR count). The predicted molar refractivity (Wildman–Crippen MR) is 31.7 cm³/mol. The van der Waals surface area contributed by atoms with Gasteiger partial charge in [0.1, 0.15) is 0 Å². The number of rotatable bonds is 4. The molecule has 2 N–H and O–H groups in total. The third-order valence-corrected chi connectivity index (χ3v) is 0.757. The van der Waals surface area contributed by atoms with E-state index < -0.39 is 10.9 Å². The Morgan fingerprint density at radius 3 is 2.62 bits per heavy atom. The first-order chi connectivity index (χ1) is 3.77. The van der Waals surface area contributed by atoms with E-state index in [2.05, 4.69) is 12.0 Å². The summed E-state index contributed by atoms with van der Waals surface area (Å²) in [6.07, 6.45) is 1.55. The van der Waals surface area contributed by atoms with E-state index in [4.69, 9.17) is 0 Å². The Labute approximate surface area is 49.6 Å². The van der Waals surface area contributed by atoms with Crippen LogP contribution < -0.4 is 10.3 Å². The molecule has 8 heavy (non-hydrogen) atoms. The maximum Gasteiger partial charge on any atom is 0.214 e. The summed E-state index contributed by atoms with van der Waals surface area (Å²) in [4.78, 5) is 1.98. The van der Waals surface area contributed by atoms with Crippen LogP contribution in [0.4, 0.5) is 0 Å². The molecular formula is C3H8N2O2S. The largest absolute Gasteiger partial charge is 0.241 e. The van der Waals surface area contributed by atoms with Gasteiger partial charge < -0.3 is 0 Å². The highest BCUT2D eigenvalue weighted by Gasteiger charge is 1.76. The van der Waals surface area contributed by atoms with Crippen LogP contribution in [0.25, 0.3) is 0 Å². The highest BCUT2D eigenvalue weighted by Crippen LogP contribution is 1.52. The van der Waals surface area contributed by atoms with Crippen LogP contribution in [0.2, 0.25) is 0 Å². The highest BCUT2D eigenvalue weighted by atomic mass is 32.2. The molecule has 0 saturated heterocycles. The van der Waals surface area contributed by atoms with Crippen LogP contribution in [0.3, 0.4) is 0 Å². The van der Waals surface area contributed by atoms with Gasteiger partial charge in [-0.05, 0) is 0 Å². The fraction of sp³-hybridized carbons (Fsp3) is 0.333. The summed E-state index contributed by atoms with van der Waals surface area (Å²) in [6.45, 7) is 3.79. The van der Waals surface area contributed by atoms with Crippen LogP contribution in [0.5, 0.6) is 0 Å². The molecule has 0 saturated carbocycles. The molecule has 4 nitrogen and oxygen atoms in total.